The molecule has 3 aromatic rings. The number of benzene rings is 2. The molecule has 30 heavy (non-hydrogen) atoms. The average Bonchev–Trinajstić information content (AvgIpc) is 3.20. The summed E-state index contributed by atoms with van der Waals surface area (Å²) in [6, 6.07) is 13.9. The maximum absolute atomic E-state index is 12.4. The van der Waals surface area contributed by atoms with E-state index in [2.05, 4.69) is 15.0 Å². The summed E-state index contributed by atoms with van der Waals surface area (Å²) >= 11 is 0. The molecule has 0 unspecified atom stereocenters. The highest BCUT2D eigenvalue weighted by Gasteiger charge is 2.14. The van der Waals surface area contributed by atoms with Gasteiger partial charge in [-0.05, 0) is 29.8 Å². The van der Waals surface area contributed by atoms with Gasteiger partial charge in [0.1, 0.15) is 5.69 Å². The first-order valence-corrected chi connectivity index (χ1v) is 10.6. The third-order valence-corrected chi connectivity index (χ3v) is 5.52. The van der Waals surface area contributed by atoms with E-state index in [0.717, 1.165) is 11.3 Å². The number of carbonyl (C=O) groups excluding carboxylic acids is 1. The fourth-order valence-electron chi connectivity index (χ4n) is 2.68. The molecule has 0 aliphatic carbocycles. The van der Waals surface area contributed by atoms with Crippen molar-refractivity contribution in [2.24, 2.45) is 0 Å². The van der Waals surface area contributed by atoms with Crippen LogP contribution in [-0.4, -0.2) is 48.6 Å². The number of rotatable bonds is 8. The summed E-state index contributed by atoms with van der Waals surface area (Å²) in [5, 5.41) is 16.6. The van der Waals surface area contributed by atoms with Crippen LogP contribution >= 0.6 is 0 Å². The second-order valence-corrected chi connectivity index (χ2v) is 8.56. The summed E-state index contributed by atoms with van der Waals surface area (Å²) in [7, 11) is 0.229. The number of carbonyl (C=O) groups is 1. The van der Waals surface area contributed by atoms with Crippen molar-refractivity contribution in [1.29, 1.82) is 0 Å². The van der Waals surface area contributed by atoms with Gasteiger partial charge in [-0.3, -0.25) is 10.0 Å². The molecule has 0 spiro atoms. The lowest BCUT2D eigenvalue weighted by Crippen LogP contribution is -2.27. The Bertz CT molecular complexity index is 1110. The van der Waals surface area contributed by atoms with Crippen molar-refractivity contribution in [3.05, 3.63) is 65.9 Å². The van der Waals surface area contributed by atoms with Crippen molar-refractivity contribution in [3.63, 3.8) is 0 Å². The van der Waals surface area contributed by atoms with E-state index in [1.54, 1.807) is 18.3 Å². The lowest BCUT2D eigenvalue weighted by atomic mass is 10.1. The van der Waals surface area contributed by atoms with Crippen LogP contribution in [0.25, 0.3) is 11.3 Å². The molecule has 0 fully saturated rings. The lowest BCUT2D eigenvalue weighted by Gasteiger charge is -2.11. The molecule has 2 aromatic carbocycles. The molecule has 0 saturated heterocycles. The fourth-order valence-corrected chi connectivity index (χ4v) is 3.63. The van der Waals surface area contributed by atoms with Gasteiger partial charge in [-0.25, -0.2) is 23.3 Å². The van der Waals surface area contributed by atoms with Crippen molar-refractivity contribution < 1.29 is 18.4 Å². The molecule has 3 rings (SSSR count). The molecule has 0 bridgehead atoms. The number of hydroxylamine groups is 1. The summed E-state index contributed by atoms with van der Waals surface area (Å²) in [5.41, 5.74) is 4.92. The highest BCUT2D eigenvalue weighted by atomic mass is 32.2. The predicted molar refractivity (Wildman–Crippen MR) is 111 cm³/mol. The number of sulfonamides is 1. The van der Waals surface area contributed by atoms with E-state index in [0.29, 0.717) is 11.3 Å². The van der Waals surface area contributed by atoms with Crippen LogP contribution in [0.15, 0.2) is 54.7 Å². The first-order valence-electron chi connectivity index (χ1n) is 8.96. The lowest BCUT2D eigenvalue weighted by molar-refractivity contribution is 0.0706. The normalized spacial score (nSPS) is 11.3. The molecular weight excluding hydrogens is 408 g/mol. The monoisotopic (exact) mass is 430 g/mol. The van der Waals surface area contributed by atoms with Gasteiger partial charge in [0.15, 0.2) is 5.88 Å². The van der Waals surface area contributed by atoms with Gasteiger partial charge in [0, 0.05) is 37.5 Å². The largest absolute Gasteiger partial charge is 0.378 e. The van der Waals surface area contributed by atoms with E-state index in [9.17, 15) is 13.2 Å². The van der Waals surface area contributed by atoms with Crippen LogP contribution < -0.4 is 15.1 Å². The predicted octanol–water partition coefficient (Wildman–Crippen LogP) is 1.21. The minimum absolute atomic E-state index is 0.0525. The van der Waals surface area contributed by atoms with Crippen molar-refractivity contribution in [2.45, 2.75) is 12.4 Å². The van der Waals surface area contributed by atoms with Gasteiger partial charge in [-0.2, -0.15) is 0 Å². The Morgan fingerprint density at radius 1 is 1.10 bits per heavy atom. The van der Waals surface area contributed by atoms with E-state index >= 15 is 0 Å². The summed E-state index contributed by atoms with van der Waals surface area (Å²) in [6.45, 7) is 0.0525. The van der Waals surface area contributed by atoms with Crippen molar-refractivity contribution in [1.82, 2.24) is 25.2 Å². The van der Waals surface area contributed by atoms with E-state index in [-0.39, 0.29) is 18.0 Å². The average molecular weight is 430 g/mol. The number of nitrogens with one attached hydrogen (secondary N) is 2. The molecule has 0 saturated carbocycles. The van der Waals surface area contributed by atoms with Crippen molar-refractivity contribution in [3.8, 4) is 11.3 Å². The summed E-state index contributed by atoms with van der Waals surface area (Å²) in [4.78, 5) is 13.3. The topological polar surface area (TPSA) is 129 Å². The van der Waals surface area contributed by atoms with Crippen molar-refractivity contribution >= 4 is 21.6 Å². The summed E-state index contributed by atoms with van der Waals surface area (Å²) in [6.07, 6.45) is 1.58. The molecule has 0 radical (unpaired) electrons. The standard InChI is InChI=1S/C19H22N6O4S/c1-24(2)17-9-7-15(8-10-17)18-12-25(23-21-18)13-30(28,29)20-11-14-3-5-16(6-4-14)19(26)22-27/h3-10,12,20,27H,11,13H2,1-2H3,(H,22,26). The Morgan fingerprint density at radius 2 is 1.77 bits per heavy atom. The minimum atomic E-state index is -3.67. The number of anilines is 1. The Labute approximate surface area is 174 Å². The first kappa shape index (κ1) is 21.4. The SMILES string of the molecule is CN(C)c1ccc(-c2cn(CS(=O)(=O)NCc3ccc(C(=O)NO)cc3)nn2)cc1. The Kier molecular flexibility index (Phi) is 6.45. The van der Waals surface area contributed by atoms with Gasteiger partial charge in [0.25, 0.3) is 5.91 Å². The molecule has 1 heterocycles. The number of amides is 1. The van der Waals surface area contributed by atoms with Crippen LogP contribution in [0.4, 0.5) is 5.69 Å². The van der Waals surface area contributed by atoms with Crippen LogP contribution in [0.3, 0.4) is 0 Å². The first-order chi connectivity index (χ1) is 14.3. The molecule has 11 heteroatoms. The number of nitrogens with zero attached hydrogens (tertiary/aromatic N) is 4. The highest BCUT2D eigenvalue weighted by molar-refractivity contribution is 7.88. The number of hydrogen-bond donors (Lipinski definition) is 3. The molecule has 1 aromatic heterocycles. The third kappa shape index (κ3) is 5.41. The zero-order valence-electron chi connectivity index (χ0n) is 16.5. The highest BCUT2D eigenvalue weighted by Crippen LogP contribution is 2.20. The van der Waals surface area contributed by atoms with Crippen molar-refractivity contribution in [2.75, 3.05) is 19.0 Å². The zero-order valence-corrected chi connectivity index (χ0v) is 17.3. The fraction of sp³-hybridized carbons (Fsp3) is 0.211. The minimum Gasteiger partial charge on any atom is -0.378 e. The quantitative estimate of drug-likeness (QED) is 0.362. The van der Waals surface area contributed by atoms with Gasteiger partial charge in [-0.15, -0.1) is 5.10 Å². The van der Waals surface area contributed by atoms with E-state index in [1.807, 2.05) is 43.3 Å². The maximum atomic E-state index is 12.4. The molecule has 10 nitrogen and oxygen atoms in total. The van der Waals surface area contributed by atoms with Gasteiger partial charge in [-0.1, -0.05) is 29.5 Å². The van der Waals surface area contributed by atoms with Gasteiger partial charge >= 0.3 is 0 Å². The molecule has 3 N–H and O–H groups in total. The van der Waals surface area contributed by atoms with Gasteiger partial charge in [0.05, 0.1) is 6.20 Å². The smallest absolute Gasteiger partial charge is 0.274 e. The Morgan fingerprint density at radius 3 is 2.37 bits per heavy atom. The van der Waals surface area contributed by atoms with Crippen LogP contribution in [0.5, 0.6) is 0 Å². The van der Waals surface area contributed by atoms with Crippen LogP contribution in [0.1, 0.15) is 15.9 Å². The molecular formula is C19H22N6O4S. The maximum Gasteiger partial charge on any atom is 0.274 e. The molecule has 0 atom stereocenters. The Hall–Kier alpha value is -3.28. The second kappa shape index (κ2) is 9.03. The van der Waals surface area contributed by atoms with Crippen LogP contribution in [0.2, 0.25) is 0 Å². The summed E-state index contributed by atoms with van der Waals surface area (Å²) in [5.74, 6) is -1.01. The number of aromatic nitrogens is 3. The summed E-state index contributed by atoms with van der Waals surface area (Å²) < 4.78 is 28.5. The molecule has 158 valence electrons. The van der Waals surface area contributed by atoms with Gasteiger partial charge in [0.2, 0.25) is 10.0 Å². The Balaban J connectivity index is 1.61. The number of hydrogen-bond acceptors (Lipinski definition) is 7. The molecule has 1 amide bonds. The molecule has 0 aliphatic rings. The van der Waals surface area contributed by atoms with Crippen LogP contribution in [-0.2, 0) is 22.4 Å². The molecule has 0 aliphatic heterocycles. The van der Waals surface area contributed by atoms with Gasteiger partial charge < -0.3 is 4.90 Å². The second-order valence-electron chi connectivity index (χ2n) is 6.79. The third-order valence-electron chi connectivity index (χ3n) is 4.33. The zero-order chi connectivity index (χ0) is 21.7. The van der Waals surface area contributed by atoms with E-state index in [1.165, 1.54) is 22.3 Å². The van der Waals surface area contributed by atoms with E-state index < -0.39 is 15.9 Å². The van der Waals surface area contributed by atoms with Crippen LogP contribution in [0, 0.1) is 0 Å². The van der Waals surface area contributed by atoms with E-state index in [4.69, 9.17) is 5.21 Å².